The fraction of sp³-hybridized carbons (Fsp3) is 0.200. The summed E-state index contributed by atoms with van der Waals surface area (Å²) in [7, 11) is -3.85. The summed E-state index contributed by atoms with van der Waals surface area (Å²) in [5.74, 6) is 0. The van der Waals surface area contributed by atoms with Gasteiger partial charge in [0.05, 0.1) is 20.2 Å². The van der Waals surface area contributed by atoms with Crippen molar-refractivity contribution in [2.24, 2.45) is 0 Å². The first-order valence-electron chi connectivity index (χ1n) is 6.94. The number of aryl methyl sites for hydroxylation is 2. The average Bonchev–Trinajstić information content (AvgIpc) is 2.60. The van der Waals surface area contributed by atoms with E-state index in [1.54, 1.807) is 12.1 Å². The Morgan fingerprint density at radius 2 is 1.56 bits per heavy atom. The molecule has 0 saturated carbocycles. The van der Waals surface area contributed by atoms with Crippen molar-refractivity contribution < 1.29 is 30.0 Å². The third-order valence-corrected chi connectivity index (χ3v) is 7.24. The van der Waals surface area contributed by atoms with Crippen LogP contribution in [0.25, 0.3) is 0 Å². The van der Waals surface area contributed by atoms with E-state index in [1.807, 2.05) is 0 Å². The molecule has 2 aromatic rings. The van der Waals surface area contributed by atoms with Gasteiger partial charge in [0.2, 0.25) is 9.84 Å². The molecule has 0 radical (unpaired) electrons. The minimum absolute atomic E-state index is 0.0251. The van der Waals surface area contributed by atoms with E-state index >= 15 is 0 Å². The van der Waals surface area contributed by atoms with Gasteiger partial charge in [0, 0.05) is 10.7 Å². The first-order valence-corrected chi connectivity index (χ1v) is 10.7. The second kappa shape index (κ2) is 5.72. The number of hydrogen-bond acceptors (Lipinski definition) is 4. The summed E-state index contributed by atoms with van der Waals surface area (Å²) in [5.41, 5.74) is -1.10. The topological polar surface area (TPSA) is 68.3 Å². The van der Waals surface area contributed by atoms with Crippen molar-refractivity contribution in [1.29, 1.82) is 0 Å². The minimum Gasteiger partial charge on any atom is -0.218 e. The predicted molar refractivity (Wildman–Crippen MR) is 83.8 cm³/mol. The van der Waals surface area contributed by atoms with Gasteiger partial charge in [-0.3, -0.25) is 0 Å². The molecule has 0 fully saturated rings. The van der Waals surface area contributed by atoms with Crippen molar-refractivity contribution in [2.45, 2.75) is 33.7 Å². The highest BCUT2D eigenvalue weighted by Gasteiger charge is 2.40. The Bertz CT molecular complexity index is 1070. The number of sulfone groups is 1. The van der Waals surface area contributed by atoms with Gasteiger partial charge in [0.15, 0.2) is 0 Å². The van der Waals surface area contributed by atoms with Gasteiger partial charge < -0.3 is 0 Å². The largest absolute Gasteiger partial charge is 0.417 e. The molecule has 0 unspecified atom stereocenters. The quantitative estimate of drug-likeness (QED) is 0.674. The van der Waals surface area contributed by atoms with Crippen LogP contribution in [0.2, 0.25) is 0 Å². The maximum Gasteiger partial charge on any atom is 0.417 e. The number of halogens is 4. The zero-order valence-electron chi connectivity index (χ0n) is 12.3. The average molecular weight is 411 g/mol. The summed E-state index contributed by atoms with van der Waals surface area (Å²) in [6, 6.07) is 7.10. The molecule has 2 aromatic carbocycles. The van der Waals surface area contributed by atoms with E-state index in [4.69, 9.17) is 10.7 Å². The van der Waals surface area contributed by atoms with E-state index < -0.39 is 40.4 Å². The second-order valence-electron chi connectivity index (χ2n) is 5.50. The van der Waals surface area contributed by atoms with E-state index in [9.17, 15) is 30.0 Å². The van der Waals surface area contributed by atoms with Gasteiger partial charge in [-0.05, 0) is 42.2 Å². The molecule has 0 bridgehead atoms. The first kappa shape index (κ1) is 18.2. The molecular formula is C15H10ClF3O4S2. The number of rotatable bonds is 1. The van der Waals surface area contributed by atoms with Crippen LogP contribution < -0.4 is 0 Å². The molecule has 10 heteroatoms. The SMILES string of the molecule is O=S(=O)(Cl)c1cc2c(cc1C(F)(F)F)CCc1ccccc1S2(=O)=O. The number of fused-ring (bicyclic) bond motifs is 2. The summed E-state index contributed by atoms with van der Waals surface area (Å²) in [4.78, 5) is -1.78. The first-order chi connectivity index (χ1) is 11.4. The monoisotopic (exact) mass is 410 g/mol. The Morgan fingerprint density at radius 3 is 2.16 bits per heavy atom. The van der Waals surface area contributed by atoms with Crippen LogP contribution in [0.3, 0.4) is 0 Å². The Morgan fingerprint density at radius 1 is 0.960 bits per heavy atom. The minimum atomic E-state index is -4.99. The van der Waals surface area contributed by atoms with Gasteiger partial charge in [-0.1, -0.05) is 18.2 Å². The summed E-state index contributed by atoms with van der Waals surface area (Å²) >= 11 is 0. The highest BCUT2D eigenvalue weighted by atomic mass is 35.7. The summed E-state index contributed by atoms with van der Waals surface area (Å²) in [5, 5.41) is 0. The van der Waals surface area contributed by atoms with Gasteiger partial charge in [-0.15, -0.1) is 0 Å². The molecule has 0 amide bonds. The maximum absolute atomic E-state index is 13.2. The predicted octanol–water partition coefficient (Wildman–Crippen LogP) is 3.56. The van der Waals surface area contributed by atoms with Crippen molar-refractivity contribution >= 4 is 29.6 Å². The van der Waals surface area contributed by atoms with Crippen LogP contribution in [0.5, 0.6) is 0 Å². The third kappa shape index (κ3) is 3.16. The van der Waals surface area contributed by atoms with Crippen molar-refractivity contribution in [1.82, 2.24) is 0 Å². The molecule has 134 valence electrons. The molecule has 1 aliphatic heterocycles. The van der Waals surface area contributed by atoms with Crippen LogP contribution in [0.1, 0.15) is 16.7 Å². The maximum atomic E-state index is 13.2. The van der Waals surface area contributed by atoms with Crippen LogP contribution in [-0.2, 0) is 37.9 Å². The van der Waals surface area contributed by atoms with Gasteiger partial charge in [0.1, 0.15) is 0 Å². The van der Waals surface area contributed by atoms with Gasteiger partial charge in [-0.2, -0.15) is 13.2 Å². The highest BCUT2D eigenvalue weighted by molar-refractivity contribution is 8.13. The second-order valence-corrected chi connectivity index (χ2v) is 9.92. The summed E-state index contributed by atoms with van der Waals surface area (Å²) in [6.45, 7) is 0. The molecule has 0 aromatic heterocycles. The van der Waals surface area contributed by atoms with Crippen molar-refractivity contribution in [3.63, 3.8) is 0 Å². The molecule has 0 atom stereocenters. The van der Waals surface area contributed by atoms with Gasteiger partial charge in [0.25, 0.3) is 9.05 Å². The van der Waals surface area contributed by atoms with E-state index in [1.165, 1.54) is 12.1 Å². The lowest BCUT2D eigenvalue weighted by Crippen LogP contribution is -2.14. The molecular weight excluding hydrogens is 401 g/mol. The summed E-state index contributed by atoms with van der Waals surface area (Å²) in [6.07, 6.45) is -4.75. The lowest BCUT2D eigenvalue weighted by atomic mass is 10.0. The molecule has 0 aliphatic carbocycles. The van der Waals surface area contributed by atoms with E-state index in [0.29, 0.717) is 17.7 Å². The Kier molecular flexibility index (Phi) is 4.17. The molecule has 0 saturated heterocycles. The molecule has 0 spiro atoms. The standard InChI is InChI=1S/C15H10ClF3O4S2/c16-25(22,23)14-8-13-10(7-11(14)15(17,18)19)6-5-9-3-1-2-4-12(9)24(13,20)21/h1-4,7-8H,5-6H2. The summed E-state index contributed by atoms with van der Waals surface area (Å²) < 4.78 is 88.6. The number of hydrogen-bond donors (Lipinski definition) is 0. The fourth-order valence-corrected chi connectivity index (χ4v) is 5.78. The fourth-order valence-electron chi connectivity index (χ4n) is 2.84. The Balaban J connectivity index is 2.40. The molecule has 1 heterocycles. The molecule has 3 rings (SSSR count). The Labute approximate surface area is 146 Å². The van der Waals surface area contributed by atoms with E-state index in [-0.39, 0.29) is 23.3 Å². The lowest BCUT2D eigenvalue weighted by molar-refractivity contribution is -0.140. The number of alkyl halides is 3. The molecule has 4 nitrogen and oxygen atoms in total. The van der Waals surface area contributed by atoms with Crippen LogP contribution in [0, 0.1) is 0 Å². The van der Waals surface area contributed by atoms with Crippen LogP contribution in [0.4, 0.5) is 13.2 Å². The Hall–Kier alpha value is -1.58. The van der Waals surface area contributed by atoms with E-state index in [0.717, 1.165) is 0 Å². The van der Waals surface area contributed by atoms with Gasteiger partial charge in [-0.25, -0.2) is 16.8 Å². The van der Waals surface area contributed by atoms with Crippen molar-refractivity contribution in [3.05, 3.63) is 53.1 Å². The van der Waals surface area contributed by atoms with Crippen LogP contribution in [0.15, 0.2) is 51.1 Å². The van der Waals surface area contributed by atoms with Gasteiger partial charge >= 0.3 is 6.18 Å². The smallest absolute Gasteiger partial charge is 0.218 e. The molecule has 25 heavy (non-hydrogen) atoms. The highest BCUT2D eigenvalue weighted by Crippen LogP contribution is 2.41. The molecule has 0 N–H and O–H groups in total. The lowest BCUT2D eigenvalue weighted by Gasteiger charge is -2.15. The zero-order valence-corrected chi connectivity index (χ0v) is 14.7. The van der Waals surface area contributed by atoms with E-state index in [2.05, 4.69) is 0 Å². The van der Waals surface area contributed by atoms with Crippen molar-refractivity contribution in [2.75, 3.05) is 0 Å². The van der Waals surface area contributed by atoms with Crippen LogP contribution >= 0.6 is 10.7 Å². The van der Waals surface area contributed by atoms with Crippen LogP contribution in [-0.4, -0.2) is 16.8 Å². The normalized spacial score (nSPS) is 16.6. The zero-order chi connectivity index (χ0) is 18.6. The third-order valence-electron chi connectivity index (χ3n) is 3.95. The molecule has 1 aliphatic rings. The number of benzene rings is 2. The van der Waals surface area contributed by atoms with Crippen molar-refractivity contribution in [3.8, 4) is 0 Å².